The zero-order valence-corrected chi connectivity index (χ0v) is 11.7. The average molecular weight is 298 g/mol. The first kappa shape index (κ1) is 12.6. The van der Waals surface area contributed by atoms with Gasteiger partial charge in [-0.3, -0.25) is 4.79 Å². The van der Waals surface area contributed by atoms with Crippen LogP contribution in [-0.4, -0.2) is 26.2 Å². The Kier molecular flexibility index (Phi) is 3.84. The van der Waals surface area contributed by atoms with Crippen LogP contribution in [0.15, 0.2) is 22.7 Å². The second-order valence-corrected chi connectivity index (χ2v) is 5.30. The molecule has 4 heteroatoms. The largest absolute Gasteiger partial charge is 0.381 e. The summed E-state index contributed by atoms with van der Waals surface area (Å²) in [5.41, 5.74) is 2.05. The summed E-state index contributed by atoms with van der Waals surface area (Å²) in [5.74, 6) is 0.163. The molecule has 1 aliphatic heterocycles. The predicted molar refractivity (Wildman–Crippen MR) is 71.2 cm³/mol. The van der Waals surface area contributed by atoms with Crippen LogP contribution in [0, 0.1) is 12.8 Å². The molecule has 1 atom stereocenters. The number of carbonyl (C=O) groups is 1. The summed E-state index contributed by atoms with van der Waals surface area (Å²) >= 11 is 3.43. The molecule has 1 fully saturated rings. The van der Waals surface area contributed by atoms with Crippen molar-refractivity contribution in [2.45, 2.75) is 13.3 Å². The lowest BCUT2D eigenvalue weighted by Gasteiger charge is -2.22. The molecule has 2 rings (SSSR count). The van der Waals surface area contributed by atoms with Crippen molar-refractivity contribution in [3.8, 4) is 0 Å². The number of rotatable bonds is 2. The maximum Gasteiger partial charge on any atom is 0.232 e. The Morgan fingerprint density at radius 2 is 2.29 bits per heavy atom. The fourth-order valence-electron chi connectivity index (χ4n) is 2.12. The zero-order chi connectivity index (χ0) is 12.4. The Balaban J connectivity index is 2.18. The van der Waals surface area contributed by atoms with Crippen LogP contribution in [0.3, 0.4) is 0 Å². The number of halogens is 1. The second kappa shape index (κ2) is 5.19. The summed E-state index contributed by atoms with van der Waals surface area (Å²) in [7, 11) is 1.83. The standard InChI is InChI=1S/C13H16BrNO2/c1-9-7-11(14)3-4-12(9)15(2)13(16)10-5-6-17-8-10/h3-4,7,10H,5-6,8H2,1-2H3. The first-order valence-electron chi connectivity index (χ1n) is 5.71. The highest BCUT2D eigenvalue weighted by Gasteiger charge is 2.27. The van der Waals surface area contributed by atoms with E-state index >= 15 is 0 Å². The lowest BCUT2D eigenvalue weighted by atomic mass is 10.1. The van der Waals surface area contributed by atoms with Crippen molar-refractivity contribution in [3.05, 3.63) is 28.2 Å². The molecule has 0 N–H and O–H groups in total. The van der Waals surface area contributed by atoms with Gasteiger partial charge in [-0.2, -0.15) is 0 Å². The van der Waals surface area contributed by atoms with Gasteiger partial charge < -0.3 is 9.64 Å². The number of anilines is 1. The fourth-order valence-corrected chi connectivity index (χ4v) is 2.59. The number of ether oxygens (including phenoxy) is 1. The van der Waals surface area contributed by atoms with E-state index in [0.29, 0.717) is 13.2 Å². The maximum absolute atomic E-state index is 12.2. The van der Waals surface area contributed by atoms with Gasteiger partial charge >= 0.3 is 0 Å². The molecule has 0 bridgehead atoms. The molecule has 0 spiro atoms. The molecule has 3 nitrogen and oxygen atoms in total. The Morgan fingerprint density at radius 1 is 1.53 bits per heavy atom. The second-order valence-electron chi connectivity index (χ2n) is 4.39. The molecule has 1 saturated heterocycles. The van der Waals surface area contributed by atoms with Crippen LogP contribution in [0.25, 0.3) is 0 Å². The molecule has 1 heterocycles. The van der Waals surface area contributed by atoms with Gasteiger partial charge in [-0.05, 0) is 37.1 Å². The third kappa shape index (κ3) is 2.69. The number of nitrogens with zero attached hydrogens (tertiary/aromatic N) is 1. The van der Waals surface area contributed by atoms with Crippen LogP contribution in [-0.2, 0) is 9.53 Å². The van der Waals surface area contributed by atoms with Gasteiger partial charge in [-0.1, -0.05) is 15.9 Å². The van der Waals surface area contributed by atoms with Crippen molar-refractivity contribution in [1.29, 1.82) is 0 Å². The third-order valence-electron chi connectivity index (χ3n) is 3.13. The Labute approximate surface area is 110 Å². The summed E-state index contributed by atoms with van der Waals surface area (Å²) < 4.78 is 6.29. The minimum Gasteiger partial charge on any atom is -0.381 e. The zero-order valence-electron chi connectivity index (χ0n) is 10.1. The van der Waals surface area contributed by atoms with E-state index in [1.807, 2.05) is 32.2 Å². The summed E-state index contributed by atoms with van der Waals surface area (Å²) in [6, 6.07) is 5.94. The number of benzene rings is 1. The van der Waals surface area contributed by atoms with Gasteiger partial charge in [0.1, 0.15) is 0 Å². The lowest BCUT2D eigenvalue weighted by Crippen LogP contribution is -2.33. The number of carbonyl (C=O) groups excluding carboxylic acids is 1. The minimum atomic E-state index is 0.0167. The van der Waals surface area contributed by atoms with Gasteiger partial charge in [-0.15, -0.1) is 0 Å². The summed E-state index contributed by atoms with van der Waals surface area (Å²) in [6.45, 7) is 3.26. The highest BCUT2D eigenvalue weighted by Crippen LogP contribution is 2.25. The van der Waals surface area contributed by atoms with Crippen LogP contribution in [0.2, 0.25) is 0 Å². The quantitative estimate of drug-likeness (QED) is 0.840. The molecule has 0 aliphatic carbocycles. The van der Waals surface area contributed by atoms with E-state index < -0.39 is 0 Å². The van der Waals surface area contributed by atoms with Gasteiger partial charge in [0, 0.05) is 23.8 Å². The van der Waals surface area contributed by atoms with E-state index in [1.165, 1.54) is 0 Å². The van der Waals surface area contributed by atoms with Crippen molar-refractivity contribution in [2.24, 2.45) is 5.92 Å². The first-order valence-corrected chi connectivity index (χ1v) is 6.50. The van der Waals surface area contributed by atoms with Crippen LogP contribution < -0.4 is 4.90 Å². The molecule has 1 amide bonds. The van der Waals surface area contributed by atoms with E-state index in [1.54, 1.807) is 4.90 Å². The number of aryl methyl sites for hydroxylation is 1. The van der Waals surface area contributed by atoms with E-state index in [4.69, 9.17) is 4.74 Å². The molecular formula is C13H16BrNO2. The van der Waals surface area contributed by atoms with Crippen LogP contribution in [0.1, 0.15) is 12.0 Å². The van der Waals surface area contributed by atoms with Crippen LogP contribution in [0.4, 0.5) is 5.69 Å². The Bertz CT molecular complexity index is 427. The monoisotopic (exact) mass is 297 g/mol. The third-order valence-corrected chi connectivity index (χ3v) is 3.62. The van der Waals surface area contributed by atoms with E-state index in [9.17, 15) is 4.79 Å². The molecule has 17 heavy (non-hydrogen) atoms. The molecule has 1 aliphatic rings. The molecule has 1 aromatic rings. The smallest absolute Gasteiger partial charge is 0.232 e. The fraction of sp³-hybridized carbons (Fsp3) is 0.462. The normalized spacial score (nSPS) is 19.4. The van der Waals surface area contributed by atoms with Gasteiger partial charge in [0.05, 0.1) is 12.5 Å². The maximum atomic E-state index is 12.2. The summed E-state index contributed by atoms with van der Waals surface area (Å²) in [4.78, 5) is 14.0. The highest BCUT2D eigenvalue weighted by atomic mass is 79.9. The number of amides is 1. The van der Waals surface area contributed by atoms with Crippen LogP contribution >= 0.6 is 15.9 Å². The molecule has 1 unspecified atom stereocenters. The van der Waals surface area contributed by atoms with Gasteiger partial charge in [0.2, 0.25) is 5.91 Å². The summed E-state index contributed by atoms with van der Waals surface area (Å²) in [5, 5.41) is 0. The van der Waals surface area contributed by atoms with Crippen molar-refractivity contribution >= 4 is 27.5 Å². The average Bonchev–Trinajstić information content (AvgIpc) is 2.80. The van der Waals surface area contributed by atoms with E-state index in [0.717, 1.165) is 22.1 Å². The van der Waals surface area contributed by atoms with Gasteiger partial charge in [0.25, 0.3) is 0 Å². The number of hydrogen-bond donors (Lipinski definition) is 0. The van der Waals surface area contributed by atoms with E-state index in [2.05, 4.69) is 15.9 Å². The molecule has 0 saturated carbocycles. The molecular weight excluding hydrogens is 282 g/mol. The van der Waals surface area contributed by atoms with Crippen molar-refractivity contribution < 1.29 is 9.53 Å². The van der Waals surface area contributed by atoms with Crippen molar-refractivity contribution in [2.75, 3.05) is 25.2 Å². The van der Waals surface area contributed by atoms with Crippen molar-refractivity contribution in [1.82, 2.24) is 0 Å². The summed E-state index contributed by atoms with van der Waals surface area (Å²) in [6.07, 6.45) is 0.832. The van der Waals surface area contributed by atoms with Gasteiger partial charge in [-0.25, -0.2) is 0 Å². The molecule has 92 valence electrons. The number of hydrogen-bond acceptors (Lipinski definition) is 2. The molecule has 0 radical (unpaired) electrons. The molecule has 0 aromatic heterocycles. The minimum absolute atomic E-state index is 0.0167. The van der Waals surface area contributed by atoms with Crippen molar-refractivity contribution in [3.63, 3.8) is 0 Å². The Morgan fingerprint density at radius 3 is 2.88 bits per heavy atom. The SMILES string of the molecule is Cc1cc(Br)ccc1N(C)C(=O)C1CCOC1. The first-order chi connectivity index (χ1) is 8.09. The highest BCUT2D eigenvalue weighted by molar-refractivity contribution is 9.10. The predicted octanol–water partition coefficient (Wildman–Crippen LogP) is 2.76. The Hall–Kier alpha value is -0.870. The topological polar surface area (TPSA) is 29.5 Å². The lowest BCUT2D eigenvalue weighted by molar-refractivity contribution is -0.122. The van der Waals surface area contributed by atoms with Gasteiger partial charge in [0.15, 0.2) is 0 Å². The molecule has 1 aromatic carbocycles. The van der Waals surface area contributed by atoms with Crippen LogP contribution in [0.5, 0.6) is 0 Å². The van der Waals surface area contributed by atoms with E-state index in [-0.39, 0.29) is 11.8 Å².